The van der Waals surface area contributed by atoms with E-state index in [0.29, 0.717) is 18.0 Å². The summed E-state index contributed by atoms with van der Waals surface area (Å²) in [7, 11) is 1.21. The van der Waals surface area contributed by atoms with Crippen molar-refractivity contribution in [1.82, 2.24) is 14.5 Å². The molecule has 1 aliphatic heterocycles. The molecular formula is C19H17F6N3O4. The minimum Gasteiger partial charge on any atom is -0.464 e. The average molecular weight is 465 g/mol. The first-order valence-corrected chi connectivity index (χ1v) is 9.23. The van der Waals surface area contributed by atoms with Crippen LogP contribution in [0.15, 0.2) is 24.4 Å². The number of carbonyl (C=O) groups excluding carboxylic acids is 2. The molecular weight excluding hydrogens is 448 g/mol. The van der Waals surface area contributed by atoms with E-state index in [1.807, 2.05) is 0 Å². The van der Waals surface area contributed by atoms with Gasteiger partial charge in [-0.05, 0) is 23.8 Å². The third-order valence-electron chi connectivity index (χ3n) is 4.80. The molecule has 0 fully saturated rings. The van der Waals surface area contributed by atoms with Gasteiger partial charge in [0, 0.05) is 26.1 Å². The van der Waals surface area contributed by atoms with Crippen molar-refractivity contribution in [3.63, 3.8) is 0 Å². The van der Waals surface area contributed by atoms with Crippen molar-refractivity contribution in [2.45, 2.75) is 31.9 Å². The summed E-state index contributed by atoms with van der Waals surface area (Å²) < 4.78 is 89.0. The summed E-state index contributed by atoms with van der Waals surface area (Å²) >= 11 is 0. The lowest BCUT2D eigenvalue weighted by Crippen LogP contribution is -2.34. The van der Waals surface area contributed by atoms with Crippen LogP contribution < -0.4 is 0 Å². The normalized spacial score (nSPS) is 14.5. The molecule has 2 aromatic rings. The van der Waals surface area contributed by atoms with Crippen LogP contribution in [0, 0.1) is 0 Å². The van der Waals surface area contributed by atoms with Crippen molar-refractivity contribution in [2.24, 2.45) is 0 Å². The van der Waals surface area contributed by atoms with Crippen LogP contribution in [-0.4, -0.2) is 46.7 Å². The van der Waals surface area contributed by atoms with Crippen LogP contribution in [-0.2, 0) is 41.4 Å². The van der Waals surface area contributed by atoms with Gasteiger partial charge >= 0.3 is 24.4 Å². The molecule has 0 saturated carbocycles. The van der Waals surface area contributed by atoms with Crippen LogP contribution in [0.4, 0.5) is 31.1 Å². The molecule has 1 aliphatic rings. The van der Waals surface area contributed by atoms with E-state index in [4.69, 9.17) is 4.74 Å². The second-order valence-corrected chi connectivity index (χ2v) is 6.91. The summed E-state index contributed by atoms with van der Waals surface area (Å²) in [5.41, 5.74) is -3.24. The van der Waals surface area contributed by atoms with Crippen molar-refractivity contribution < 1.29 is 45.4 Å². The third-order valence-corrected chi connectivity index (χ3v) is 4.80. The van der Waals surface area contributed by atoms with Crippen LogP contribution in [0.2, 0.25) is 0 Å². The van der Waals surface area contributed by atoms with Crippen LogP contribution in [0.25, 0.3) is 0 Å². The molecule has 0 N–H and O–H groups in total. The van der Waals surface area contributed by atoms with Crippen molar-refractivity contribution >= 4 is 12.1 Å². The number of alkyl halides is 6. The third kappa shape index (κ3) is 5.14. The molecule has 3 rings (SSSR count). The van der Waals surface area contributed by atoms with Gasteiger partial charge in [-0.3, -0.25) is 0 Å². The zero-order chi connectivity index (χ0) is 23.7. The van der Waals surface area contributed by atoms with E-state index in [9.17, 15) is 35.9 Å². The predicted octanol–water partition coefficient (Wildman–Crippen LogP) is 3.90. The molecule has 0 atom stereocenters. The Balaban J connectivity index is 1.70. The molecule has 0 spiro atoms. The summed E-state index contributed by atoms with van der Waals surface area (Å²) in [4.78, 5) is 29.5. The number of halogens is 6. The van der Waals surface area contributed by atoms with Crippen LogP contribution >= 0.6 is 0 Å². The zero-order valence-corrected chi connectivity index (χ0v) is 16.6. The summed E-state index contributed by atoms with van der Waals surface area (Å²) in [6.45, 7) is -0.383. The predicted molar refractivity (Wildman–Crippen MR) is 95.5 cm³/mol. The fourth-order valence-electron chi connectivity index (χ4n) is 3.22. The van der Waals surface area contributed by atoms with E-state index in [1.165, 1.54) is 18.2 Å². The number of methoxy groups -OCH3 is 1. The van der Waals surface area contributed by atoms with Gasteiger partial charge in [0.05, 0.1) is 24.4 Å². The number of imidazole rings is 1. The van der Waals surface area contributed by atoms with Gasteiger partial charge in [0.15, 0.2) is 0 Å². The number of rotatable bonds is 3. The van der Waals surface area contributed by atoms with Gasteiger partial charge in [-0.1, -0.05) is 0 Å². The first-order valence-electron chi connectivity index (χ1n) is 9.23. The lowest BCUT2D eigenvalue weighted by molar-refractivity contribution is -0.143. The summed E-state index contributed by atoms with van der Waals surface area (Å²) in [5.74, 6) is -0.0850. The van der Waals surface area contributed by atoms with Gasteiger partial charge in [0.2, 0.25) is 0 Å². The molecule has 0 radical (unpaired) electrons. The number of hydrogen-bond donors (Lipinski definition) is 0. The molecule has 2 heterocycles. The van der Waals surface area contributed by atoms with Crippen molar-refractivity contribution in [3.05, 3.63) is 52.6 Å². The zero-order valence-electron chi connectivity index (χ0n) is 16.6. The van der Waals surface area contributed by atoms with Crippen LogP contribution in [0.1, 0.15) is 33.0 Å². The molecule has 1 aromatic heterocycles. The minimum absolute atomic E-state index is 0.000458. The smallest absolute Gasteiger partial charge is 0.416 e. The molecule has 0 saturated heterocycles. The van der Waals surface area contributed by atoms with E-state index in [1.54, 1.807) is 4.57 Å². The number of fused-ring (bicyclic) bond motifs is 1. The maximum atomic E-state index is 13.0. The highest BCUT2D eigenvalue weighted by Gasteiger charge is 2.37. The molecule has 13 heteroatoms. The number of nitrogens with zero attached hydrogens (tertiary/aromatic N) is 3. The number of esters is 1. The summed E-state index contributed by atoms with van der Waals surface area (Å²) in [6, 6.07) is 1.01. The Labute approximate surface area is 177 Å². The Morgan fingerprint density at radius 1 is 1.00 bits per heavy atom. The molecule has 0 bridgehead atoms. The average Bonchev–Trinajstić information content (AvgIpc) is 3.01. The summed E-state index contributed by atoms with van der Waals surface area (Å²) in [6.07, 6.45) is -9.30. The van der Waals surface area contributed by atoms with Gasteiger partial charge in [0.25, 0.3) is 0 Å². The van der Waals surface area contributed by atoms with E-state index in [-0.39, 0.29) is 37.8 Å². The topological polar surface area (TPSA) is 73.7 Å². The second kappa shape index (κ2) is 8.71. The maximum absolute atomic E-state index is 13.0. The van der Waals surface area contributed by atoms with Gasteiger partial charge in [0.1, 0.15) is 18.1 Å². The molecule has 7 nitrogen and oxygen atoms in total. The Hall–Kier alpha value is -3.25. The van der Waals surface area contributed by atoms with Gasteiger partial charge in [-0.2, -0.15) is 26.3 Å². The van der Waals surface area contributed by atoms with Crippen LogP contribution in [0.3, 0.4) is 0 Å². The van der Waals surface area contributed by atoms with E-state index in [2.05, 4.69) is 9.72 Å². The van der Waals surface area contributed by atoms with Gasteiger partial charge in [-0.25, -0.2) is 14.6 Å². The molecule has 1 amide bonds. The molecule has 174 valence electrons. The van der Waals surface area contributed by atoms with Gasteiger partial charge < -0.3 is 18.9 Å². The number of aromatic nitrogens is 2. The quantitative estimate of drug-likeness (QED) is 0.508. The fraction of sp³-hybridized carbons (Fsp3) is 0.421. The lowest BCUT2D eigenvalue weighted by Gasteiger charge is -2.20. The van der Waals surface area contributed by atoms with Crippen molar-refractivity contribution in [1.29, 1.82) is 0 Å². The van der Waals surface area contributed by atoms with E-state index < -0.39 is 47.7 Å². The highest BCUT2D eigenvalue weighted by atomic mass is 19.4. The number of hydrogen-bond acceptors (Lipinski definition) is 5. The van der Waals surface area contributed by atoms with Crippen LogP contribution in [0.5, 0.6) is 0 Å². The van der Waals surface area contributed by atoms with E-state index in [0.717, 1.165) is 0 Å². The minimum atomic E-state index is -5.00. The number of amides is 1. The largest absolute Gasteiger partial charge is 0.464 e. The maximum Gasteiger partial charge on any atom is 0.416 e. The summed E-state index contributed by atoms with van der Waals surface area (Å²) in [5, 5.41) is 0. The first-order chi connectivity index (χ1) is 14.9. The number of ether oxygens (including phenoxy) is 2. The molecule has 0 unspecified atom stereocenters. The highest BCUT2D eigenvalue weighted by molar-refractivity contribution is 5.87. The SMILES string of the molecule is COC(=O)c1cnc2n1CCN(C(=O)OCc1cc(C(F)(F)F)cc(C(F)(F)F)c1)CC2. The van der Waals surface area contributed by atoms with Crippen molar-refractivity contribution in [3.8, 4) is 0 Å². The van der Waals surface area contributed by atoms with Gasteiger partial charge in [-0.15, -0.1) is 0 Å². The fourth-order valence-corrected chi connectivity index (χ4v) is 3.22. The standard InChI is InChI=1S/C19H17F6N3O4/c1-31-16(29)14-9-26-15-2-3-27(4-5-28(14)15)17(30)32-10-11-6-12(18(20,21)22)8-13(7-11)19(23,24)25/h6-9H,2-5,10H2,1H3. The number of benzene rings is 1. The monoisotopic (exact) mass is 465 g/mol. The first kappa shape index (κ1) is 23.4. The Kier molecular flexibility index (Phi) is 6.37. The highest BCUT2D eigenvalue weighted by Crippen LogP contribution is 2.36. The lowest BCUT2D eigenvalue weighted by atomic mass is 10.1. The molecule has 1 aromatic carbocycles. The Morgan fingerprint density at radius 2 is 1.62 bits per heavy atom. The Bertz CT molecular complexity index is 983. The Morgan fingerprint density at radius 3 is 2.19 bits per heavy atom. The van der Waals surface area contributed by atoms with E-state index >= 15 is 0 Å². The second-order valence-electron chi connectivity index (χ2n) is 6.91. The molecule has 0 aliphatic carbocycles. The molecule has 32 heavy (non-hydrogen) atoms. The number of carbonyl (C=O) groups is 2. The van der Waals surface area contributed by atoms with Crippen molar-refractivity contribution in [2.75, 3.05) is 20.2 Å².